The normalized spacial score (nSPS) is 11.8. The van der Waals surface area contributed by atoms with Gasteiger partial charge in [0.05, 0.1) is 10.6 Å². The van der Waals surface area contributed by atoms with Gasteiger partial charge in [0.25, 0.3) is 15.9 Å². The lowest BCUT2D eigenvalue weighted by molar-refractivity contribution is 0.0981. The van der Waals surface area contributed by atoms with Crippen molar-refractivity contribution >= 4 is 27.5 Å². The Hall–Kier alpha value is -3.35. The van der Waals surface area contributed by atoms with Crippen LogP contribution in [-0.2, 0) is 10.0 Å². The first-order valence-electron chi connectivity index (χ1n) is 9.75. The Bertz CT molecular complexity index is 1350. The zero-order chi connectivity index (χ0) is 23.5. The summed E-state index contributed by atoms with van der Waals surface area (Å²) >= 11 is 6.22. The molecule has 0 aliphatic carbocycles. The quantitative estimate of drug-likeness (QED) is 0.452. The average Bonchev–Trinajstić information content (AvgIpc) is 3.14. The third-order valence-corrected chi connectivity index (χ3v) is 6.55. The summed E-state index contributed by atoms with van der Waals surface area (Å²) in [5, 5.41) is 0.625. The minimum absolute atomic E-state index is 0.142. The van der Waals surface area contributed by atoms with Crippen molar-refractivity contribution in [3.8, 4) is 16.9 Å². The van der Waals surface area contributed by atoms with Crippen LogP contribution < -0.4 is 4.72 Å². The topological polar surface area (TPSA) is 68.2 Å². The summed E-state index contributed by atoms with van der Waals surface area (Å²) in [5.74, 6) is -0.742. The minimum atomic E-state index is -4.07. The lowest BCUT2D eigenvalue weighted by Crippen LogP contribution is -2.31. The number of hydrogen-bond donors (Lipinski definition) is 1. The molecule has 0 bridgehead atoms. The van der Waals surface area contributed by atoms with Gasteiger partial charge in [0.15, 0.2) is 0 Å². The van der Waals surface area contributed by atoms with Crippen molar-refractivity contribution in [2.75, 3.05) is 0 Å². The van der Waals surface area contributed by atoms with E-state index in [4.69, 9.17) is 11.6 Å². The summed E-state index contributed by atoms with van der Waals surface area (Å²) in [6.45, 7) is 10.9. The molecule has 1 amide bonds. The molecule has 5 nitrogen and oxygen atoms in total. The van der Waals surface area contributed by atoms with Gasteiger partial charge >= 0.3 is 0 Å². The molecule has 0 aliphatic heterocycles. The number of hydrogen-bond acceptors (Lipinski definition) is 3. The summed E-state index contributed by atoms with van der Waals surface area (Å²) in [4.78, 5) is 12.6. The van der Waals surface area contributed by atoms with E-state index in [2.05, 4.69) is 17.9 Å². The van der Waals surface area contributed by atoms with Crippen LogP contribution in [0.1, 0.15) is 21.6 Å². The monoisotopic (exact) mass is 466 g/mol. The lowest BCUT2D eigenvalue weighted by Gasteiger charge is -2.15. The highest BCUT2D eigenvalue weighted by atomic mass is 35.5. The van der Waals surface area contributed by atoms with Gasteiger partial charge in [-0.3, -0.25) is 4.79 Å². The Morgan fingerprint density at radius 2 is 1.81 bits per heavy atom. The van der Waals surface area contributed by atoms with E-state index in [-0.39, 0.29) is 10.5 Å². The van der Waals surface area contributed by atoms with Crippen molar-refractivity contribution < 1.29 is 13.2 Å². The van der Waals surface area contributed by atoms with Gasteiger partial charge in [-0.1, -0.05) is 43.0 Å². The van der Waals surface area contributed by atoms with E-state index in [1.807, 2.05) is 54.8 Å². The van der Waals surface area contributed by atoms with Gasteiger partial charge < -0.3 is 4.57 Å². The Morgan fingerprint density at radius 3 is 2.50 bits per heavy atom. The number of nitrogens with zero attached hydrogens (tertiary/aromatic N) is 1. The smallest absolute Gasteiger partial charge is 0.265 e. The highest BCUT2D eigenvalue weighted by molar-refractivity contribution is 7.94. The second-order valence-electron chi connectivity index (χ2n) is 7.15. The number of aromatic nitrogens is 1. The van der Waals surface area contributed by atoms with Gasteiger partial charge in [0.2, 0.25) is 0 Å². The fourth-order valence-corrected chi connectivity index (χ4v) is 4.52. The van der Waals surface area contributed by atoms with E-state index in [0.717, 1.165) is 34.3 Å². The Kier molecular flexibility index (Phi) is 6.87. The SMILES string of the molecule is C=C/C=C(\C=C)S(=O)(=O)NC(=O)c1cccc(-n2c(C)ccc2-c2cc(Cl)ccc2C)c1. The van der Waals surface area contributed by atoms with E-state index in [1.165, 1.54) is 12.2 Å². The number of benzene rings is 2. The van der Waals surface area contributed by atoms with Crippen LogP contribution in [0.3, 0.4) is 0 Å². The first kappa shape index (κ1) is 23.3. The number of nitrogens with one attached hydrogen (secondary N) is 1. The molecule has 0 saturated carbocycles. The molecule has 2 aromatic carbocycles. The molecule has 0 unspecified atom stereocenters. The zero-order valence-electron chi connectivity index (χ0n) is 17.8. The Morgan fingerprint density at radius 1 is 1.06 bits per heavy atom. The molecular formula is C25H23ClN2O3S. The molecule has 1 heterocycles. The predicted molar refractivity (Wildman–Crippen MR) is 131 cm³/mol. The third-order valence-electron chi connectivity index (χ3n) is 4.94. The number of halogens is 1. The molecule has 3 aromatic rings. The average molecular weight is 467 g/mol. The highest BCUT2D eigenvalue weighted by Crippen LogP contribution is 2.31. The van der Waals surface area contributed by atoms with Crippen molar-refractivity contribution in [1.29, 1.82) is 0 Å². The fourth-order valence-electron chi connectivity index (χ4n) is 3.37. The first-order valence-corrected chi connectivity index (χ1v) is 11.6. The van der Waals surface area contributed by atoms with Crippen LogP contribution in [0.4, 0.5) is 0 Å². The third kappa shape index (κ3) is 4.77. The molecule has 0 fully saturated rings. The molecule has 164 valence electrons. The van der Waals surface area contributed by atoms with E-state index in [1.54, 1.807) is 18.2 Å². The summed E-state index contributed by atoms with van der Waals surface area (Å²) < 4.78 is 29.0. The van der Waals surface area contributed by atoms with Crippen molar-refractivity contribution in [1.82, 2.24) is 9.29 Å². The van der Waals surface area contributed by atoms with Crippen molar-refractivity contribution in [3.05, 3.63) is 113 Å². The Balaban J connectivity index is 2.03. The standard InChI is InChI=1S/C25H23ClN2O3S/c1-5-8-22(6-2)32(30,31)27-25(29)19-9-7-10-21(15-19)28-18(4)12-14-24(28)23-16-20(26)13-11-17(23)3/h5-16H,1-2H2,3-4H3,(H,27,29)/b22-8+. The van der Waals surface area contributed by atoms with Crippen LogP contribution in [0.15, 0.2) is 90.9 Å². The van der Waals surface area contributed by atoms with E-state index in [9.17, 15) is 13.2 Å². The number of amides is 1. The summed E-state index contributed by atoms with van der Waals surface area (Å²) in [5.41, 5.74) is 4.81. The molecule has 3 rings (SSSR count). The molecule has 1 N–H and O–H groups in total. The second-order valence-corrected chi connectivity index (χ2v) is 9.27. The maximum Gasteiger partial charge on any atom is 0.265 e. The molecule has 0 aliphatic rings. The van der Waals surface area contributed by atoms with E-state index < -0.39 is 15.9 Å². The van der Waals surface area contributed by atoms with Crippen LogP contribution in [-0.4, -0.2) is 18.9 Å². The molecule has 0 atom stereocenters. The maximum absolute atomic E-state index is 12.7. The van der Waals surface area contributed by atoms with Gasteiger partial charge in [-0.15, -0.1) is 0 Å². The van der Waals surface area contributed by atoms with Gasteiger partial charge in [0, 0.05) is 27.5 Å². The number of carbonyl (C=O) groups is 1. The highest BCUT2D eigenvalue weighted by Gasteiger charge is 2.20. The van der Waals surface area contributed by atoms with E-state index >= 15 is 0 Å². The first-order chi connectivity index (χ1) is 15.2. The van der Waals surface area contributed by atoms with Gasteiger partial charge in [-0.2, -0.15) is 0 Å². The number of carbonyl (C=O) groups excluding carboxylic acids is 1. The molecule has 0 radical (unpaired) electrons. The van der Waals surface area contributed by atoms with Gasteiger partial charge in [-0.25, -0.2) is 13.1 Å². The molecule has 0 saturated heterocycles. The van der Waals surface area contributed by atoms with Crippen LogP contribution in [0, 0.1) is 13.8 Å². The lowest BCUT2D eigenvalue weighted by atomic mass is 10.1. The van der Waals surface area contributed by atoms with Crippen LogP contribution in [0.25, 0.3) is 16.9 Å². The number of aryl methyl sites for hydroxylation is 2. The predicted octanol–water partition coefficient (Wildman–Crippen LogP) is 5.73. The Labute approximate surface area is 193 Å². The fraction of sp³-hybridized carbons (Fsp3) is 0.0800. The largest absolute Gasteiger partial charge is 0.314 e. The van der Waals surface area contributed by atoms with Gasteiger partial charge in [0.1, 0.15) is 0 Å². The molecular weight excluding hydrogens is 444 g/mol. The minimum Gasteiger partial charge on any atom is -0.314 e. The molecule has 1 aromatic heterocycles. The summed E-state index contributed by atoms with van der Waals surface area (Å²) in [7, 11) is -4.07. The number of sulfonamides is 1. The molecule has 32 heavy (non-hydrogen) atoms. The van der Waals surface area contributed by atoms with Crippen LogP contribution >= 0.6 is 11.6 Å². The molecule has 7 heteroatoms. The number of rotatable bonds is 7. The van der Waals surface area contributed by atoms with Crippen molar-refractivity contribution in [2.24, 2.45) is 0 Å². The zero-order valence-corrected chi connectivity index (χ0v) is 19.4. The van der Waals surface area contributed by atoms with Crippen molar-refractivity contribution in [3.63, 3.8) is 0 Å². The maximum atomic E-state index is 12.7. The van der Waals surface area contributed by atoms with Crippen molar-refractivity contribution in [2.45, 2.75) is 13.8 Å². The number of allylic oxidation sites excluding steroid dienone is 3. The van der Waals surface area contributed by atoms with E-state index in [0.29, 0.717) is 5.02 Å². The van der Waals surface area contributed by atoms with Gasteiger partial charge in [-0.05, 0) is 74.0 Å². The summed E-state index contributed by atoms with van der Waals surface area (Å²) in [6.07, 6.45) is 3.73. The van der Waals surface area contributed by atoms with Crippen LogP contribution in [0.2, 0.25) is 5.02 Å². The molecule has 0 spiro atoms. The second kappa shape index (κ2) is 9.42. The van der Waals surface area contributed by atoms with Crippen LogP contribution in [0.5, 0.6) is 0 Å². The summed E-state index contributed by atoms with van der Waals surface area (Å²) in [6, 6.07) is 16.4.